The molecule has 162 valence electrons. The zero-order chi connectivity index (χ0) is 19.5. The van der Waals surface area contributed by atoms with Gasteiger partial charge in [-0.15, -0.1) is 0 Å². The molecule has 1 aliphatic heterocycles. The second-order valence-corrected chi connectivity index (χ2v) is 20.3. The molecular weight excluding hydrogens is 445 g/mol. The van der Waals surface area contributed by atoms with Crippen LogP contribution in [0.25, 0.3) is 0 Å². The van der Waals surface area contributed by atoms with Crippen molar-refractivity contribution in [2.24, 2.45) is 0 Å². The largest absolute Gasteiger partial charge is 0.425 e. The molecule has 12 heteroatoms. The Bertz CT molecular complexity index is 319. The summed E-state index contributed by atoms with van der Waals surface area (Å²) in [5.41, 5.74) is 0. The lowest BCUT2D eigenvalue weighted by atomic mass is 10.1. The highest BCUT2D eigenvalue weighted by Crippen LogP contribution is 2.19. The zero-order valence-corrected chi connectivity index (χ0v) is 25.7. The van der Waals surface area contributed by atoms with Gasteiger partial charge in [-0.3, -0.25) is 0 Å². The number of hydrogen-bond acceptors (Lipinski definition) is 6. The van der Waals surface area contributed by atoms with Gasteiger partial charge in [-0.05, 0) is 12.6 Å². The topological polar surface area (TPSA) is 55.4 Å². The Kier molecular flexibility index (Phi) is 18.4. The van der Waals surface area contributed by atoms with Crippen molar-refractivity contribution in [3.05, 3.63) is 0 Å². The lowest BCUT2D eigenvalue weighted by molar-refractivity contribution is 0.317. The Balaban J connectivity index is 2.01. The van der Waals surface area contributed by atoms with Crippen molar-refractivity contribution in [3.8, 4) is 0 Å². The molecule has 0 aromatic carbocycles. The van der Waals surface area contributed by atoms with Crippen LogP contribution >= 0.6 is 0 Å². The van der Waals surface area contributed by atoms with Gasteiger partial charge in [-0.25, -0.2) is 0 Å². The number of rotatable bonds is 13. The lowest BCUT2D eigenvalue weighted by Crippen LogP contribution is -2.43. The molecule has 1 fully saturated rings. The fourth-order valence-electron chi connectivity index (χ4n) is 3.12. The average Bonchev–Trinajstić information content (AvgIpc) is 2.66. The van der Waals surface area contributed by atoms with Crippen molar-refractivity contribution in [2.45, 2.75) is 96.6 Å². The first-order chi connectivity index (χ1) is 13.3. The van der Waals surface area contributed by atoms with E-state index in [4.69, 9.17) is 24.7 Å². The second kappa shape index (κ2) is 19.1. The van der Waals surface area contributed by atoms with Crippen molar-refractivity contribution >= 4 is 58.6 Å². The third-order valence-electron chi connectivity index (χ3n) is 4.88. The quantitative estimate of drug-likeness (QED) is 0.284. The minimum atomic E-state index is -2.09. The molecular formula is C15H42O6Si6. The van der Waals surface area contributed by atoms with E-state index in [-0.39, 0.29) is 0 Å². The number of unbranched alkanes of at least 4 members (excludes halogenated alkanes) is 11. The summed E-state index contributed by atoms with van der Waals surface area (Å²) in [7, 11) is -6.64. The Morgan fingerprint density at radius 3 is 1.33 bits per heavy atom. The van der Waals surface area contributed by atoms with Gasteiger partial charge in [0.05, 0.1) is 0 Å². The zero-order valence-electron chi connectivity index (χ0n) is 17.7. The van der Waals surface area contributed by atoms with Crippen LogP contribution in [0.15, 0.2) is 0 Å². The summed E-state index contributed by atoms with van der Waals surface area (Å²) >= 11 is 0. The van der Waals surface area contributed by atoms with Crippen LogP contribution in [0.2, 0.25) is 12.6 Å². The molecule has 1 aliphatic rings. The molecule has 0 saturated carbocycles. The molecule has 1 heterocycles. The molecule has 1 saturated heterocycles. The molecule has 0 aromatic rings. The summed E-state index contributed by atoms with van der Waals surface area (Å²) in [6.45, 7) is 4.46. The normalized spacial score (nSPS) is 27.3. The Morgan fingerprint density at radius 2 is 0.889 bits per heavy atom. The standard InChI is InChI=1S/C15H42O6Si6/c1-3-4-5-6-7-8-9-10-11-12-13-14-15-27(2)20-25-18-23-16-22-17-24-19-26-21-27/h3-15,22-26H2,1-2H3. The summed E-state index contributed by atoms with van der Waals surface area (Å²) in [5.74, 6) is 0. The van der Waals surface area contributed by atoms with Crippen LogP contribution in [0.3, 0.4) is 0 Å². The molecule has 6 nitrogen and oxygen atoms in total. The van der Waals surface area contributed by atoms with E-state index < -0.39 is 58.6 Å². The highest BCUT2D eigenvalue weighted by atomic mass is 28.5. The summed E-state index contributed by atoms with van der Waals surface area (Å²) < 4.78 is 34.5. The predicted octanol–water partition coefficient (Wildman–Crippen LogP) is 0.867. The maximum atomic E-state index is 6.14. The SMILES string of the molecule is CCCCCCCCCCCCCC[Si]1(C)O[SiH2]O[SiH2]O[SiH2]O[SiH2]O[SiH2]O1. The van der Waals surface area contributed by atoms with Crippen molar-refractivity contribution in [1.29, 1.82) is 0 Å². The Hall–Kier alpha value is 1.06. The average molecular weight is 487 g/mol. The number of hydrogen-bond donors (Lipinski definition) is 0. The smallest absolute Gasteiger partial charge is 0.316 e. The van der Waals surface area contributed by atoms with Crippen molar-refractivity contribution in [2.75, 3.05) is 0 Å². The van der Waals surface area contributed by atoms with Crippen LogP contribution in [0.5, 0.6) is 0 Å². The molecule has 0 amide bonds. The van der Waals surface area contributed by atoms with Gasteiger partial charge in [-0.2, -0.15) is 0 Å². The predicted molar refractivity (Wildman–Crippen MR) is 127 cm³/mol. The summed E-state index contributed by atoms with van der Waals surface area (Å²) in [6, 6.07) is 1.07. The van der Waals surface area contributed by atoms with Crippen LogP contribution < -0.4 is 0 Å². The van der Waals surface area contributed by atoms with Crippen LogP contribution in [0, 0.1) is 0 Å². The molecule has 0 aromatic heterocycles. The van der Waals surface area contributed by atoms with Gasteiger partial charge >= 0.3 is 8.56 Å². The first kappa shape index (κ1) is 26.1. The maximum absolute atomic E-state index is 6.14. The lowest BCUT2D eigenvalue weighted by Gasteiger charge is -2.28. The van der Waals surface area contributed by atoms with E-state index in [0.29, 0.717) is 0 Å². The molecule has 0 N–H and O–H groups in total. The van der Waals surface area contributed by atoms with Crippen LogP contribution in [-0.4, -0.2) is 58.6 Å². The monoisotopic (exact) mass is 486 g/mol. The van der Waals surface area contributed by atoms with Gasteiger partial charge in [0.15, 0.2) is 0 Å². The van der Waals surface area contributed by atoms with E-state index in [1.54, 1.807) is 0 Å². The van der Waals surface area contributed by atoms with E-state index in [9.17, 15) is 0 Å². The summed E-state index contributed by atoms with van der Waals surface area (Å²) in [6.07, 6.45) is 16.5. The molecule has 0 bridgehead atoms. The molecule has 0 aliphatic carbocycles. The minimum absolute atomic E-state index is 0.855. The van der Waals surface area contributed by atoms with Crippen molar-refractivity contribution in [1.82, 2.24) is 0 Å². The van der Waals surface area contributed by atoms with Gasteiger partial charge in [0.2, 0.25) is 0 Å². The molecule has 0 spiro atoms. The minimum Gasteiger partial charge on any atom is -0.425 e. The second-order valence-electron chi connectivity index (χ2n) is 7.47. The van der Waals surface area contributed by atoms with E-state index in [2.05, 4.69) is 13.5 Å². The van der Waals surface area contributed by atoms with Gasteiger partial charge in [-0.1, -0.05) is 84.0 Å². The van der Waals surface area contributed by atoms with Gasteiger partial charge in [0, 0.05) is 0 Å². The Labute approximate surface area is 179 Å². The third-order valence-corrected chi connectivity index (χ3v) is 17.3. The Morgan fingerprint density at radius 1 is 0.519 bits per heavy atom. The van der Waals surface area contributed by atoms with Crippen LogP contribution in [-0.2, 0) is 24.7 Å². The highest BCUT2D eigenvalue weighted by Gasteiger charge is 2.30. The van der Waals surface area contributed by atoms with E-state index in [0.717, 1.165) is 6.04 Å². The summed E-state index contributed by atoms with van der Waals surface area (Å²) in [5, 5.41) is 0. The maximum Gasteiger partial charge on any atom is 0.316 e. The third kappa shape index (κ3) is 16.5. The van der Waals surface area contributed by atoms with Crippen molar-refractivity contribution in [3.63, 3.8) is 0 Å². The summed E-state index contributed by atoms with van der Waals surface area (Å²) in [4.78, 5) is 0. The fraction of sp³-hybridized carbons (Fsp3) is 1.00. The highest BCUT2D eigenvalue weighted by molar-refractivity contribution is 6.74. The van der Waals surface area contributed by atoms with E-state index >= 15 is 0 Å². The van der Waals surface area contributed by atoms with Crippen LogP contribution in [0.1, 0.15) is 84.0 Å². The molecule has 0 atom stereocenters. The van der Waals surface area contributed by atoms with Crippen molar-refractivity contribution < 1.29 is 24.7 Å². The fourth-order valence-corrected chi connectivity index (χ4v) is 16.1. The molecule has 1 rings (SSSR count). The van der Waals surface area contributed by atoms with Gasteiger partial charge in [0.25, 0.3) is 50.0 Å². The van der Waals surface area contributed by atoms with Gasteiger partial charge in [0.1, 0.15) is 0 Å². The molecule has 0 unspecified atom stereocenters. The first-order valence-electron chi connectivity index (χ1n) is 10.9. The molecule has 0 radical (unpaired) electrons. The first-order valence-corrected chi connectivity index (χ1v) is 19.2. The molecule has 27 heavy (non-hydrogen) atoms. The van der Waals surface area contributed by atoms with Gasteiger partial charge < -0.3 is 24.7 Å². The van der Waals surface area contributed by atoms with E-state index in [1.165, 1.54) is 77.0 Å². The van der Waals surface area contributed by atoms with E-state index in [1.807, 2.05) is 0 Å². The van der Waals surface area contributed by atoms with Crippen LogP contribution in [0.4, 0.5) is 0 Å².